The Labute approximate surface area is 121 Å². The lowest BCUT2D eigenvalue weighted by atomic mass is 9.99. The Morgan fingerprint density at radius 3 is 2.85 bits per heavy atom. The highest BCUT2D eigenvalue weighted by Crippen LogP contribution is 2.28. The van der Waals surface area contributed by atoms with Crippen LogP contribution in [0.5, 0.6) is 0 Å². The maximum absolute atomic E-state index is 4.60. The van der Waals surface area contributed by atoms with Gasteiger partial charge in [-0.3, -0.25) is 4.90 Å². The summed E-state index contributed by atoms with van der Waals surface area (Å²) in [6, 6.07) is 9.16. The van der Waals surface area contributed by atoms with E-state index in [1.807, 2.05) is 6.33 Å². The molecule has 0 spiro atoms. The highest BCUT2D eigenvalue weighted by atomic mass is 15.2. The van der Waals surface area contributed by atoms with Crippen LogP contribution in [0.25, 0.3) is 0 Å². The first kappa shape index (κ1) is 13.4. The van der Waals surface area contributed by atoms with Gasteiger partial charge in [0.25, 0.3) is 0 Å². The highest BCUT2D eigenvalue weighted by Gasteiger charge is 2.25. The van der Waals surface area contributed by atoms with E-state index in [1.54, 1.807) is 0 Å². The molecule has 20 heavy (non-hydrogen) atoms. The van der Waals surface area contributed by atoms with Gasteiger partial charge in [-0.1, -0.05) is 24.3 Å². The van der Waals surface area contributed by atoms with E-state index in [4.69, 9.17) is 0 Å². The molecule has 2 aromatic rings. The van der Waals surface area contributed by atoms with Crippen LogP contribution in [0.4, 0.5) is 0 Å². The van der Waals surface area contributed by atoms with Crippen LogP contribution in [0.15, 0.2) is 30.6 Å². The number of aromatic nitrogens is 2. The molecule has 3 heteroatoms. The third-order valence-electron chi connectivity index (χ3n) is 4.55. The second-order valence-electron chi connectivity index (χ2n) is 5.68. The summed E-state index contributed by atoms with van der Waals surface area (Å²) in [7, 11) is 0. The first-order chi connectivity index (χ1) is 9.70. The second kappa shape index (κ2) is 5.41. The zero-order valence-corrected chi connectivity index (χ0v) is 12.6. The zero-order chi connectivity index (χ0) is 14.1. The molecule has 0 saturated carbocycles. The Bertz CT molecular complexity index is 600. The summed E-state index contributed by atoms with van der Waals surface area (Å²) in [4.78, 5) is 7.14. The molecule has 1 aromatic carbocycles. The second-order valence-corrected chi connectivity index (χ2v) is 5.68. The summed E-state index contributed by atoms with van der Waals surface area (Å²) < 4.78 is 2.28. The van der Waals surface area contributed by atoms with Crippen LogP contribution in [0, 0.1) is 6.92 Å². The van der Waals surface area contributed by atoms with Gasteiger partial charge in [0.1, 0.15) is 0 Å². The molecule has 0 radical (unpaired) electrons. The van der Waals surface area contributed by atoms with E-state index in [-0.39, 0.29) is 0 Å². The molecular weight excluding hydrogens is 246 g/mol. The van der Waals surface area contributed by atoms with Crippen LogP contribution in [0.1, 0.15) is 42.4 Å². The minimum Gasteiger partial charge on any atom is -0.334 e. The quantitative estimate of drug-likeness (QED) is 0.852. The van der Waals surface area contributed by atoms with Crippen molar-refractivity contribution in [3.05, 3.63) is 53.1 Å². The molecular formula is C17H23N3. The minimum atomic E-state index is 0.455. The Hall–Kier alpha value is -1.61. The maximum atomic E-state index is 4.60. The lowest BCUT2D eigenvalue weighted by molar-refractivity contribution is 0.187. The molecule has 106 valence electrons. The molecule has 3 nitrogen and oxygen atoms in total. The van der Waals surface area contributed by atoms with Gasteiger partial charge in [0.15, 0.2) is 0 Å². The van der Waals surface area contributed by atoms with Crippen molar-refractivity contribution in [2.75, 3.05) is 6.54 Å². The minimum absolute atomic E-state index is 0.455. The molecule has 2 heterocycles. The van der Waals surface area contributed by atoms with E-state index >= 15 is 0 Å². The van der Waals surface area contributed by atoms with E-state index in [9.17, 15) is 0 Å². The van der Waals surface area contributed by atoms with Crippen molar-refractivity contribution in [3.63, 3.8) is 0 Å². The number of hydrogen-bond donors (Lipinski definition) is 0. The third-order valence-corrected chi connectivity index (χ3v) is 4.55. The summed E-state index contributed by atoms with van der Waals surface area (Å²) in [5.74, 6) is 0. The maximum Gasteiger partial charge on any atom is 0.0952 e. The van der Waals surface area contributed by atoms with Crippen molar-refractivity contribution in [2.24, 2.45) is 0 Å². The SMILES string of the molecule is CCn1cnc2c1CCN([C@@H](C)c1ccccc1C)C2. The molecule has 0 saturated heterocycles. The molecule has 0 unspecified atom stereocenters. The number of hydrogen-bond acceptors (Lipinski definition) is 2. The molecule has 1 aromatic heterocycles. The number of rotatable bonds is 3. The van der Waals surface area contributed by atoms with Gasteiger partial charge in [0, 0.05) is 37.8 Å². The number of aryl methyl sites for hydroxylation is 2. The molecule has 0 bridgehead atoms. The molecule has 0 amide bonds. The summed E-state index contributed by atoms with van der Waals surface area (Å²) in [5, 5.41) is 0. The average Bonchev–Trinajstić information content (AvgIpc) is 2.89. The smallest absolute Gasteiger partial charge is 0.0952 e. The predicted molar refractivity (Wildman–Crippen MR) is 81.6 cm³/mol. The normalized spacial score (nSPS) is 16.9. The van der Waals surface area contributed by atoms with Crippen molar-refractivity contribution in [3.8, 4) is 0 Å². The molecule has 1 aliphatic rings. The van der Waals surface area contributed by atoms with Crippen molar-refractivity contribution in [1.29, 1.82) is 0 Å². The summed E-state index contributed by atoms with van der Waals surface area (Å²) in [6.07, 6.45) is 3.10. The molecule has 1 atom stereocenters. The lowest BCUT2D eigenvalue weighted by Crippen LogP contribution is -2.33. The fourth-order valence-electron chi connectivity index (χ4n) is 3.25. The summed E-state index contributed by atoms with van der Waals surface area (Å²) in [6.45, 7) is 9.81. The van der Waals surface area contributed by atoms with Crippen LogP contribution in [-0.4, -0.2) is 21.0 Å². The number of nitrogens with zero attached hydrogens (tertiary/aromatic N) is 3. The van der Waals surface area contributed by atoms with Crippen LogP contribution >= 0.6 is 0 Å². The zero-order valence-electron chi connectivity index (χ0n) is 12.6. The molecule has 3 rings (SSSR count). The van der Waals surface area contributed by atoms with Gasteiger partial charge in [-0.2, -0.15) is 0 Å². The van der Waals surface area contributed by atoms with Gasteiger partial charge in [0.05, 0.1) is 12.0 Å². The van der Waals surface area contributed by atoms with Crippen molar-refractivity contribution < 1.29 is 0 Å². The van der Waals surface area contributed by atoms with Gasteiger partial charge in [-0.05, 0) is 31.9 Å². The Morgan fingerprint density at radius 1 is 1.30 bits per heavy atom. The van der Waals surface area contributed by atoms with E-state index in [1.165, 1.54) is 22.5 Å². The first-order valence-electron chi connectivity index (χ1n) is 7.53. The highest BCUT2D eigenvalue weighted by molar-refractivity contribution is 5.29. The summed E-state index contributed by atoms with van der Waals surface area (Å²) >= 11 is 0. The predicted octanol–water partition coefficient (Wildman–Crippen LogP) is 3.33. The van der Waals surface area contributed by atoms with Crippen LogP contribution in [0.2, 0.25) is 0 Å². The van der Waals surface area contributed by atoms with Crippen molar-refractivity contribution in [1.82, 2.24) is 14.5 Å². The van der Waals surface area contributed by atoms with E-state index < -0.39 is 0 Å². The number of benzene rings is 1. The van der Waals surface area contributed by atoms with E-state index in [0.29, 0.717) is 6.04 Å². The lowest BCUT2D eigenvalue weighted by Gasteiger charge is -2.33. The molecule has 1 aliphatic heterocycles. The van der Waals surface area contributed by atoms with Gasteiger partial charge in [0.2, 0.25) is 0 Å². The topological polar surface area (TPSA) is 21.1 Å². The van der Waals surface area contributed by atoms with Crippen LogP contribution < -0.4 is 0 Å². The summed E-state index contributed by atoms with van der Waals surface area (Å²) in [5.41, 5.74) is 5.51. The van der Waals surface area contributed by atoms with Gasteiger partial charge in [-0.25, -0.2) is 4.98 Å². The molecule has 0 N–H and O–H groups in total. The van der Waals surface area contributed by atoms with Gasteiger partial charge in [-0.15, -0.1) is 0 Å². The van der Waals surface area contributed by atoms with Crippen molar-refractivity contribution in [2.45, 2.75) is 46.3 Å². The average molecular weight is 269 g/mol. The number of imidazole rings is 1. The van der Waals surface area contributed by atoms with E-state index in [0.717, 1.165) is 26.1 Å². The van der Waals surface area contributed by atoms with Crippen LogP contribution in [0.3, 0.4) is 0 Å². The Morgan fingerprint density at radius 2 is 2.10 bits per heavy atom. The standard InChI is InChI=1S/C17H23N3/c1-4-19-12-18-16-11-20(10-9-17(16)19)14(3)15-8-6-5-7-13(15)2/h5-8,12,14H,4,9-11H2,1-3H3/t14-/m0/s1. The number of fused-ring (bicyclic) bond motifs is 1. The third kappa shape index (κ3) is 2.27. The first-order valence-corrected chi connectivity index (χ1v) is 7.53. The fraction of sp³-hybridized carbons (Fsp3) is 0.471. The molecule has 0 fully saturated rings. The fourth-order valence-corrected chi connectivity index (χ4v) is 3.25. The monoisotopic (exact) mass is 269 g/mol. The van der Waals surface area contributed by atoms with Gasteiger partial charge < -0.3 is 4.57 Å². The van der Waals surface area contributed by atoms with Gasteiger partial charge >= 0.3 is 0 Å². The Balaban J connectivity index is 1.82. The Kier molecular flexibility index (Phi) is 3.62. The van der Waals surface area contributed by atoms with E-state index in [2.05, 4.69) is 59.5 Å². The van der Waals surface area contributed by atoms with Crippen LogP contribution in [-0.2, 0) is 19.5 Å². The van der Waals surface area contributed by atoms with Crippen molar-refractivity contribution >= 4 is 0 Å². The largest absolute Gasteiger partial charge is 0.334 e. The molecule has 0 aliphatic carbocycles.